The van der Waals surface area contributed by atoms with Gasteiger partial charge >= 0.3 is 0 Å². The number of carbonyl (C=O) groups excluding carboxylic acids is 2. The number of carbonyl (C=O) groups is 2. The van der Waals surface area contributed by atoms with Crippen LogP contribution in [0.4, 0.5) is 11.5 Å². The highest BCUT2D eigenvalue weighted by Gasteiger charge is 2.19. The van der Waals surface area contributed by atoms with Gasteiger partial charge in [-0.3, -0.25) is 14.7 Å². The molecule has 2 aromatic heterocycles. The van der Waals surface area contributed by atoms with E-state index in [4.69, 9.17) is 0 Å². The second-order valence-corrected chi connectivity index (χ2v) is 10.1. The van der Waals surface area contributed by atoms with Crippen molar-refractivity contribution in [3.8, 4) is 0 Å². The predicted molar refractivity (Wildman–Crippen MR) is 145 cm³/mol. The average molecular weight is 503 g/mol. The van der Waals surface area contributed by atoms with Gasteiger partial charge in [0, 0.05) is 52.8 Å². The molecule has 1 unspecified atom stereocenters. The molecule has 1 saturated heterocycles. The summed E-state index contributed by atoms with van der Waals surface area (Å²) in [5.41, 5.74) is 2.92. The van der Waals surface area contributed by atoms with E-state index in [2.05, 4.69) is 38.0 Å². The number of rotatable bonds is 7. The largest absolute Gasteiger partial charge is 0.369 e. The number of fused-ring (bicyclic) bond motifs is 1. The smallest absolute Gasteiger partial charge is 0.256 e. The summed E-state index contributed by atoms with van der Waals surface area (Å²) in [7, 11) is 0. The fraction of sp³-hybridized carbons (Fsp3) is 0.296. The lowest BCUT2D eigenvalue weighted by molar-refractivity contribution is 0.0935. The van der Waals surface area contributed by atoms with Gasteiger partial charge in [-0.1, -0.05) is 13.0 Å². The number of amides is 2. The zero-order valence-electron chi connectivity index (χ0n) is 20.4. The number of aromatic amines is 1. The van der Waals surface area contributed by atoms with Crippen LogP contribution in [0.15, 0.2) is 60.0 Å². The van der Waals surface area contributed by atoms with Crippen LogP contribution in [0.2, 0.25) is 0 Å². The summed E-state index contributed by atoms with van der Waals surface area (Å²) in [6.07, 6.45) is 0.800. The Bertz CT molecular complexity index is 1350. The quantitative estimate of drug-likeness (QED) is 0.297. The van der Waals surface area contributed by atoms with E-state index in [1.807, 2.05) is 54.8 Å². The van der Waals surface area contributed by atoms with Gasteiger partial charge in [-0.05, 0) is 67.3 Å². The van der Waals surface area contributed by atoms with Crippen molar-refractivity contribution in [2.45, 2.75) is 32.4 Å². The molecule has 36 heavy (non-hydrogen) atoms. The fourth-order valence-corrected chi connectivity index (χ4v) is 5.39. The van der Waals surface area contributed by atoms with Gasteiger partial charge in [0.05, 0.1) is 11.6 Å². The molecule has 8 nitrogen and oxygen atoms in total. The number of aromatic nitrogens is 2. The summed E-state index contributed by atoms with van der Waals surface area (Å²) in [6.45, 7) is 7.05. The normalized spacial score (nSPS) is 16.6. The fourth-order valence-electron chi connectivity index (χ4n) is 4.53. The molecule has 1 aliphatic rings. The minimum atomic E-state index is -0.248. The lowest BCUT2D eigenvalue weighted by Gasteiger charge is -2.33. The van der Waals surface area contributed by atoms with E-state index in [-0.39, 0.29) is 17.9 Å². The number of H-pyrrole nitrogens is 1. The average Bonchev–Trinajstić information content (AvgIpc) is 3.57. The molecule has 0 aliphatic carbocycles. The number of nitrogens with zero attached hydrogens (tertiary/aromatic N) is 2. The number of hydrogen-bond donors (Lipinski definition) is 4. The Morgan fingerprint density at radius 3 is 2.67 bits per heavy atom. The minimum Gasteiger partial charge on any atom is -0.369 e. The molecule has 4 aromatic rings. The second-order valence-electron chi connectivity index (χ2n) is 9.08. The molecule has 9 heteroatoms. The summed E-state index contributed by atoms with van der Waals surface area (Å²) in [6, 6.07) is 17.4. The van der Waals surface area contributed by atoms with E-state index in [9.17, 15) is 9.59 Å². The lowest BCUT2D eigenvalue weighted by Crippen LogP contribution is -2.49. The van der Waals surface area contributed by atoms with Crippen LogP contribution >= 0.6 is 11.3 Å². The minimum absolute atomic E-state index is 0.0379. The molecule has 5 rings (SSSR count). The standard InChI is InChI=1S/C27H30N6O2S/c1-3-22(24-5-4-14-36-24)29-27(35)19-8-11-23-21(15-19)25(32-31-23)30-26(34)18-6-9-20(10-7-18)33-13-12-28-17(2)16-33/h4-11,14-15,17,22,28H,3,12-13,16H2,1-2H3,(H,29,35)(H2,30,31,32,34)/t17-,22?/m0/s1. The molecule has 0 saturated carbocycles. The van der Waals surface area contributed by atoms with E-state index in [1.54, 1.807) is 23.5 Å². The molecule has 1 aliphatic heterocycles. The van der Waals surface area contributed by atoms with Crippen LogP contribution in [0.1, 0.15) is 51.9 Å². The zero-order chi connectivity index (χ0) is 25.1. The first kappa shape index (κ1) is 24.0. The third kappa shape index (κ3) is 5.12. The zero-order valence-corrected chi connectivity index (χ0v) is 21.2. The van der Waals surface area contributed by atoms with Crippen molar-refractivity contribution in [3.05, 3.63) is 76.0 Å². The van der Waals surface area contributed by atoms with Gasteiger partial charge in [-0.25, -0.2) is 0 Å². The molecule has 2 aromatic carbocycles. The Morgan fingerprint density at radius 2 is 1.94 bits per heavy atom. The van der Waals surface area contributed by atoms with Crippen molar-refractivity contribution in [2.24, 2.45) is 0 Å². The van der Waals surface area contributed by atoms with E-state index < -0.39 is 0 Å². The van der Waals surface area contributed by atoms with Crippen molar-refractivity contribution in [1.82, 2.24) is 20.8 Å². The molecule has 2 amide bonds. The molecule has 186 valence electrons. The van der Waals surface area contributed by atoms with Crippen molar-refractivity contribution in [2.75, 3.05) is 29.9 Å². The first-order valence-corrected chi connectivity index (χ1v) is 13.1. The number of thiophene rings is 1. The number of benzene rings is 2. The summed E-state index contributed by atoms with van der Waals surface area (Å²) >= 11 is 1.63. The summed E-state index contributed by atoms with van der Waals surface area (Å²) in [4.78, 5) is 29.4. The van der Waals surface area contributed by atoms with Gasteiger partial charge in [-0.2, -0.15) is 5.10 Å². The number of hydrogen-bond acceptors (Lipinski definition) is 6. The highest BCUT2D eigenvalue weighted by Crippen LogP contribution is 2.25. The molecule has 0 radical (unpaired) electrons. The molecule has 2 atom stereocenters. The molecule has 4 N–H and O–H groups in total. The monoisotopic (exact) mass is 502 g/mol. The number of piperazine rings is 1. The lowest BCUT2D eigenvalue weighted by atomic mass is 10.1. The summed E-state index contributed by atoms with van der Waals surface area (Å²) < 4.78 is 0. The van der Waals surface area contributed by atoms with Crippen molar-refractivity contribution < 1.29 is 9.59 Å². The molecular weight excluding hydrogens is 472 g/mol. The van der Waals surface area contributed by atoms with Crippen LogP contribution in [0.3, 0.4) is 0 Å². The number of anilines is 2. The van der Waals surface area contributed by atoms with Crippen LogP contribution in [0.25, 0.3) is 10.9 Å². The van der Waals surface area contributed by atoms with E-state index in [1.165, 1.54) is 0 Å². The van der Waals surface area contributed by atoms with E-state index >= 15 is 0 Å². The highest BCUT2D eigenvalue weighted by molar-refractivity contribution is 7.10. The van der Waals surface area contributed by atoms with Crippen LogP contribution in [0, 0.1) is 0 Å². The van der Waals surface area contributed by atoms with Crippen LogP contribution in [-0.4, -0.2) is 47.7 Å². The SMILES string of the molecule is CCC(NC(=O)c1ccc2[nH]nc(NC(=O)c3ccc(N4CCN[C@@H](C)C4)cc3)c2c1)c1cccs1. The van der Waals surface area contributed by atoms with Gasteiger partial charge in [0.2, 0.25) is 0 Å². The number of nitrogens with one attached hydrogen (secondary N) is 4. The second kappa shape index (κ2) is 10.5. The molecule has 1 fully saturated rings. The molecule has 3 heterocycles. The molecule has 0 bridgehead atoms. The first-order chi connectivity index (χ1) is 17.5. The maximum atomic E-state index is 13.0. The molecular formula is C27H30N6O2S. The van der Waals surface area contributed by atoms with Gasteiger partial charge in [0.25, 0.3) is 11.8 Å². The van der Waals surface area contributed by atoms with Gasteiger partial charge in [0.1, 0.15) is 0 Å². The summed E-state index contributed by atoms with van der Waals surface area (Å²) in [5.74, 6) is -0.00868. The topological polar surface area (TPSA) is 102 Å². The van der Waals surface area contributed by atoms with Crippen molar-refractivity contribution in [1.29, 1.82) is 0 Å². The Morgan fingerprint density at radius 1 is 1.14 bits per heavy atom. The maximum Gasteiger partial charge on any atom is 0.256 e. The Labute approximate surface area is 214 Å². The molecule has 0 spiro atoms. The van der Waals surface area contributed by atoms with Crippen LogP contribution in [0.5, 0.6) is 0 Å². The van der Waals surface area contributed by atoms with Crippen LogP contribution in [-0.2, 0) is 0 Å². The Kier molecular flexibility index (Phi) is 7.02. The maximum absolute atomic E-state index is 13.0. The van der Waals surface area contributed by atoms with Gasteiger partial charge < -0.3 is 20.9 Å². The van der Waals surface area contributed by atoms with Gasteiger partial charge in [0.15, 0.2) is 5.82 Å². The Hall–Kier alpha value is -3.69. The van der Waals surface area contributed by atoms with E-state index in [0.717, 1.165) is 42.1 Å². The van der Waals surface area contributed by atoms with Crippen LogP contribution < -0.4 is 20.9 Å². The van der Waals surface area contributed by atoms with E-state index in [0.29, 0.717) is 28.4 Å². The summed E-state index contributed by atoms with van der Waals surface area (Å²) in [5, 5.41) is 19.3. The van der Waals surface area contributed by atoms with Crippen molar-refractivity contribution >= 4 is 45.6 Å². The Balaban J connectivity index is 1.29. The first-order valence-electron chi connectivity index (χ1n) is 12.2. The van der Waals surface area contributed by atoms with Crippen molar-refractivity contribution in [3.63, 3.8) is 0 Å². The third-order valence-corrected chi connectivity index (χ3v) is 7.51. The third-order valence-electron chi connectivity index (χ3n) is 6.52. The highest BCUT2D eigenvalue weighted by atomic mass is 32.1. The predicted octanol–water partition coefficient (Wildman–Crippen LogP) is 4.56. The van der Waals surface area contributed by atoms with Gasteiger partial charge in [-0.15, -0.1) is 11.3 Å².